The number of hydrogen-bond donors (Lipinski definition) is 1. The van der Waals surface area contributed by atoms with E-state index in [-0.39, 0.29) is 0 Å². The molecule has 1 aliphatic heterocycles. The molecule has 0 amide bonds. The van der Waals surface area contributed by atoms with Crippen LogP contribution in [0.2, 0.25) is 0 Å². The molecule has 1 N–H and O–H groups in total. The first-order chi connectivity index (χ1) is 7.36. The summed E-state index contributed by atoms with van der Waals surface area (Å²) in [6, 6.07) is 3.99. The minimum Gasteiger partial charge on any atom is -0.380 e. The number of nitrogens with zero attached hydrogens (tertiary/aromatic N) is 1. The summed E-state index contributed by atoms with van der Waals surface area (Å²) in [5.41, 5.74) is 3.46. The molecule has 1 aliphatic rings. The van der Waals surface area contributed by atoms with Gasteiger partial charge in [-0.15, -0.1) is 0 Å². The standard InChI is InChI=1S/C12H16N2O/c1-10-12(5-2-6-13-10)14-8-11-4-3-7-15-9-11/h2,4-6,14H,3,7-9H2,1H3. The molecular formula is C12H16N2O. The maximum Gasteiger partial charge on any atom is 0.0693 e. The summed E-state index contributed by atoms with van der Waals surface area (Å²) in [5.74, 6) is 0. The van der Waals surface area contributed by atoms with Crippen LogP contribution in [-0.2, 0) is 4.74 Å². The van der Waals surface area contributed by atoms with Gasteiger partial charge in [-0.1, -0.05) is 6.08 Å². The van der Waals surface area contributed by atoms with Gasteiger partial charge in [0.25, 0.3) is 0 Å². The Morgan fingerprint density at radius 1 is 1.53 bits per heavy atom. The molecule has 0 atom stereocenters. The molecule has 3 heteroatoms. The third-order valence-corrected chi connectivity index (χ3v) is 2.50. The summed E-state index contributed by atoms with van der Waals surface area (Å²) in [6.45, 7) is 4.47. The molecule has 0 aromatic carbocycles. The van der Waals surface area contributed by atoms with E-state index in [9.17, 15) is 0 Å². The lowest BCUT2D eigenvalue weighted by atomic mass is 10.2. The van der Waals surface area contributed by atoms with E-state index >= 15 is 0 Å². The number of ether oxygens (including phenoxy) is 1. The van der Waals surface area contributed by atoms with Crippen LogP contribution in [0, 0.1) is 6.92 Å². The van der Waals surface area contributed by atoms with Crippen LogP contribution in [0.5, 0.6) is 0 Å². The van der Waals surface area contributed by atoms with E-state index in [1.54, 1.807) is 0 Å². The maximum atomic E-state index is 5.38. The highest BCUT2D eigenvalue weighted by Crippen LogP contribution is 2.12. The fourth-order valence-corrected chi connectivity index (χ4v) is 1.61. The number of hydrogen-bond acceptors (Lipinski definition) is 3. The molecule has 0 saturated heterocycles. The largest absolute Gasteiger partial charge is 0.380 e. The topological polar surface area (TPSA) is 34.2 Å². The lowest BCUT2D eigenvalue weighted by Crippen LogP contribution is -2.14. The van der Waals surface area contributed by atoms with Crippen molar-refractivity contribution in [1.82, 2.24) is 4.98 Å². The summed E-state index contributed by atoms with van der Waals surface area (Å²) in [5, 5.41) is 3.37. The molecule has 15 heavy (non-hydrogen) atoms. The first-order valence-electron chi connectivity index (χ1n) is 5.27. The van der Waals surface area contributed by atoms with Crippen molar-refractivity contribution in [3.05, 3.63) is 35.7 Å². The normalized spacial score (nSPS) is 15.9. The van der Waals surface area contributed by atoms with Crippen molar-refractivity contribution in [3.63, 3.8) is 0 Å². The van der Waals surface area contributed by atoms with Crippen LogP contribution in [-0.4, -0.2) is 24.7 Å². The van der Waals surface area contributed by atoms with Crippen LogP contribution in [0.1, 0.15) is 12.1 Å². The van der Waals surface area contributed by atoms with Gasteiger partial charge in [-0.2, -0.15) is 0 Å². The Hall–Kier alpha value is -1.35. The zero-order chi connectivity index (χ0) is 10.5. The zero-order valence-corrected chi connectivity index (χ0v) is 8.99. The molecule has 0 fully saturated rings. The average Bonchev–Trinajstić information content (AvgIpc) is 2.29. The summed E-state index contributed by atoms with van der Waals surface area (Å²) in [7, 11) is 0. The van der Waals surface area contributed by atoms with Crippen LogP contribution in [0.4, 0.5) is 5.69 Å². The van der Waals surface area contributed by atoms with E-state index in [4.69, 9.17) is 4.74 Å². The summed E-state index contributed by atoms with van der Waals surface area (Å²) in [6.07, 6.45) is 5.09. The number of aromatic nitrogens is 1. The predicted molar refractivity (Wildman–Crippen MR) is 61.0 cm³/mol. The van der Waals surface area contributed by atoms with E-state index in [1.807, 2.05) is 25.3 Å². The molecule has 0 radical (unpaired) electrons. The van der Waals surface area contributed by atoms with Gasteiger partial charge in [-0.25, -0.2) is 0 Å². The van der Waals surface area contributed by atoms with Gasteiger partial charge in [0.15, 0.2) is 0 Å². The smallest absolute Gasteiger partial charge is 0.0693 e. The van der Waals surface area contributed by atoms with Gasteiger partial charge in [0, 0.05) is 12.7 Å². The zero-order valence-electron chi connectivity index (χ0n) is 8.99. The Morgan fingerprint density at radius 2 is 2.47 bits per heavy atom. The number of pyridine rings is 1. The van der Waals surface area contributed by atoms with Gasteiger partial charge in [0.2, 0.25) is 0 Å². The molecule has 3 nitrogen and oxygen atoms in total. The quantitative estimate of drug-likeness (QED) is 0.766. The molecular weight excluding hydrogens is 188 g/mol. The van der Waals surface area contributed by atoms with Gasteiger partial charge in [0.05, 0.1) is 24.6 Å². The van der Waals surface area contributed by atoms with Crippen LogP contribution >= 0.6 is 0 Å². The number of rotatable bonds is 3. The molecule has 0 spiro atoms. The fourth-order valence-electron chi connectivity index (χ4n) is 1.61. The third-order valence-electron chi connectivity index (χ3n) is 2.50. The monoisotopic (exact) mass is 204 g/mol. The van der Waals surface area contributed by atoms with Gasteiger partial charge in [0.1, 0.15) is 0 Å². The lowest BCUT2D eigenvalue weighted by Gasteiger charge is -2.15. The van der Waals surface area contributed by atoms with Crippen molar-refractivity contribution in [2.24, 2.45) is 0 Å². The van der Waals surface area contributed by atoms with Gasteiger partial charge >= 0.3 is 0 Å². The Labute approximate surface area is 90.2 Å². The summed E-state index contributed by atoms with van der Waals surface area (Å²) >= 11 is 0. The van der Waals surface area contributed by atoms with E-state index in [0.29, 0.717) is 0 Å². The second-order valence-corrected chi connectivity index (χ2v) is 3.69. The molecule has 0 bridgehead atoms. The van der Waals surface area contributed by atoms with Crippen molar-refractivity contribution in [2.45, 2.75) is 13.3 Å². The van der Waals surface area contributed by atoms with Crippen LogP contribution in [0.3, 0.4) is 0 Å². The van der Waals surface area contributed by atoms with Gasteiger partial charge < -0.3 is 10.1 Å². The van der Waals surface area contributed by atoms with E-state index in [1.165, 1.54) is 5.57 Å². The highest BCUT2D eigenvalue weighted by molar-refractivity contribution is 5.47. The lowest BCUT2D eigenvalue weighted by molar-refractivity contribution is 0.150. The molecule has 1 aromatic heterocycles. The van der Waals surface area contributed by atoms with E-state index in [0.717, 1.165) is 37.6 Å². The van der Waals surface area contributed by atoms with Gasteiger partial charge in [-0.05, 0) is 31.1 Å². The number of nitrogens with one attached hydrogen (secondary N) is 1. The molecule has 2 heterocycles. The van der Waals surface area contributed by atoms with Crippen molar-refractivity contribution < 1.29 is 4.74 Å². The highest BCUT2D eigenvalue weighted by atomic mass is 16.5. The second-order valence-electron chi connectivity index (χ2n) is 3.69. The molecule has 1 aromatic rings. The minimum atomic E-state index is 0.756. The third kappa shape index (κ3) is 2.80. The van der Waals surface area contributed by atoms with Crippen molar-refractivity contribution in [2.75, 3.05) is 25.1 Å². The fraction of sp³-hybridized carbons (Fsp3) is 0.417. The molecule has 0 aliphatic carbocycles. The van der Waals surface area contributed by atoms with Gasteiger partial charge in [-0.3, -0.25) is 4.98 Å². The second kappa shape index (κ2) is 4.94. The first-order valence-corrected chi connectivity index (χ1v) is 5.27. The summed E-state index contributed by atoms with van der Waals surface area (Å²) in [4.78, 5) is 4.23. The molecule has 2 rings (SSSR count). The van der Waals surface area contributed by atoms with E-state index < -0.39 is 0 Å². The highest BCUT2D eigenvalue weighted by Gasteiger charge is 2.04. The maximum absolute atomic E-state index is 5.38. The SMILES string of the molecule is Cc1ncccc1NCC1=CCCOC1. The van der Waals surface area contributed by atoms with Crippen molar-refractivity contribution in [1.29, 1.82) is 0 Å². The van der Waals surface area contributed by atoms with Crippen molar-refractivity contribution in [3.8, 4) is 0 Å². The van der Waals surface area contributed by atoms with Crippen LogP contribution < -0.4 is 5.32 Å². The molecule has 0 saturated carbocycles. The van der Waals surface area contributed by atoms with Crippen LogP contribution in [0.25, 0.3) is 0 Å². The van der Waals surface area contributed by atoms with Crippen LogP contribution in [0.15, 0.2) is 30.0 Å². The Balaban J connectivity index is 1.93. The number of anilines is 1. The Morgan fingerprint density at radius 3 is 3.20 bits per heavy atom. The summed E-state index contributed by atoms with van der Waals surface area (Å²) < 4.78 is 5.38. The first kappa shape index (κ1) is 10.2. The number of aryl methyl sites for hydroxylation is 1. The predicted octanol–water partition coefficient (Wildman–Crippen LogP) is 2.15. The minimum absolute atomic E-state index is 0.756. The molecule has 0 unspecified atom stereocenters. The van der Waals surface area contributed by atoms with Crippen molar-refractivity contribution >= 4 is 5.69 Å². The molecule has 80 valence electrons. The Bertz CT molecular complexity index is 360. The average molecular weight is 204 g/mol. The van der Waals surface area contributed by atoms with E-state index in [2.05, 4.69) is 16.4 Å². The Kier molecular flexibility index (Phi) is 3.35.